The fraction of sp³-hybridized carbons (Fsp3) is 0.571. The van der Waals surface area contributed by atoms with Crippen LogP contribution in [-0.2, 0) is 21.1 Å². The average Bonchev–Trinajstić information content (AvgIpc) is 3.34. The number of sulfone groups is 1. The van der Waals surface area contributed by atoms with Gasteiger partial charge in [-0.15, -0.1) is 10.2 Å². The van der Waals surface area contributed by atoms with E-state index in [2.05, 4.69) is 10.2 Å². The summed E-state index contributed by atoms with van der Waals surface area (Å²) in [6.45, 7) is 0. The molecule has 2 fully saturated rings. The van der Waals surface area contributed by atoms with Crippen LogP contribution in [0.4, 0.5) is 0 Å². The van der Waals surface area contributed by atoms with Crippen molar-refractivity contribution < 1.29 is 17.6 Å². The zero-order chi connectivity index (χ0) is 21.0. The van der Waals surface area contributed by atoms with Crippen LogP contribution in [0.5, 0.6) is 0 Å². The van der Waals surface area contributed by atoms with Gasteiger partial charge in [-0.3, -0.25) is 4.79 Å². The van der Waals surface area contributed by atoms with E-state index in [1.54, 1.807) is 0 Å². The molecule has 1 atom stereocenters. The minimum absolute atomic E-state index is 0.0307. The first-order chi connectivity index (χ1) is 14.5. The van der Waals surface area contributed by atoms with E-state index in [0.29, 0.717) is 24.0 Å². The largest absolute Gasteiger partial charge is 0.416 e. The van der Waals surface area contributed by atoms with Crippen molar-refractivity contribution in [2.45, 2.75) is 62.3 Å². The molecule has 1 aromatic carbocycles. The van der Waals surface area contributed by atoms with E-state index in [9.17, 15) is 13.2 Å². The molecule has 2 aliphatic rings. The third-order valence-corrected chi connectivity index (χ3v) is 8.38. The second-order valence-electron chi connectivity index (χ2n) is 8.06. The SMILES string of the molecule is O=C(CSc1nnc(Cc2ccccc2)o1)N(C1CCCCC1)[C@H]1CCS(=O)(=O)C1. The molecular weight excluding hydrogens is 422 g/mol. The van der Waals surface area contributed by atoms with Gasteiger partial charge in [-0.25, -0.2) is 8.42 Å². The zero-order valence-electron chi connectivity index (χ0n) is 16.9. The summed E-state index contributed by atoms with van der Waals surface area (Å²) in [5.74, 6) is 0.925. The standard InChI is InChI=1S/C21H27N3O4S2/c25-20(14-29-21-23-22-19(28-21)13-16-7-3-1-4-8-16)24(17-9-5-2-6-10-17)18-11-12-30(26,27)15-18/h1,3-4,7-8,17-18H,2,5-6,9-15H2/t18-/m0/s1. The number of rotatable bonds is 7. The van der Waals surface area contributed by atoms with Crippen molar-refractivity contribution in [2.24, 2.45) is 0 Å². The molecule has 9 heteroatoms. The summed E-state index contributed by atoms with van der Waals surface area (Å²) in [7, 11) is -3.05. The van der Waals surface area contributed by atoms with Gasteiger partial charge >= 0.3 is 0 Å². The number of benzene rings is 1. The van der Waals surface area contributed by atoms with Crippen LogP contribution >= 0.6 is 11.8 Å². The number of thioether (sulfide) groups is 1. The fourth-order valence-electron chi connectivity index (χ4n) is 4.40. The summed E-state index contributed by atoms with van der Waals surface area (Å²) >= 11 is 1.23. The molecule has 0 bridgehead atoms. The first-order valence-corrected chi connectivity index (χ1v) is 13.3. The maximum atomic E-state index is 13.1. The van der Waals surface area contributed by atoms with E-state index in [4.69, 9.17) is 4.42 Å². The lowest BCUT2D eigenvalue weighted by Gasteiger charge is -2.38. The molecule has 1 saturated heterocycles. The second-order valence-corrected chi connectivity index (χ2v) is 11.2. The Labute approximate surface area is 181 Å². The molecule has 2 heterocycles. The highest BCUT2D eigenvalue weighted by Gasteiger charge is 2.38. The number of carbonyl (C=O) groups excluding carboxylic acids is 1. The van der Waals surface area contributed by atoms with Crippen molar-refractivity contribution in [1.82, 2.24) is 15.1 Å². The van der Waals surface area contributed by atoms with Gasteiger partial charge in [0.2, 0.25) is 11.8 Å². The predicted molar refractivity (Wildman–Crippen MR) is 115 cm³/mol. The molecule has 0 spiro atoms. The summed E-state index contributed by atoms with van der Waals surface area (Å²) in [4.78, 5) is 15.0. The first-order valence-electron chi connectivity index (χ1n) is 10.5. The second kappa shape index (κ2) is 9.51. The van der Waals surface area contributed by atoms with Crippen molar-refractivity contribution in [3.63, 3.8) is 0 Å². The third-order valence-electron chi connectivity index (χ3n) is 5.82. The number of carbonyl (C=O) groups is 1. The number of aromatic nitrogens is 2. The summed E-state index contributed by atoms with van der Waals surface area (Å²) in [5, 5.41) is 8.51. The Morgan fingerprint density at radius 2 is 1.83 bits per heavy atom. The summed E-state index contributed by atoms with van der Waals surface area (Å²) in [6.07, 6.45) is 6.36. The normalized spacial score (nSPS) is 21.5. The molecule has 1 aromatic heterocycles. The first kappa shape index (κ1) is 21.4. The molecule has 1 amide bonds. The van der Waals surface area contributed by atoms with Crippen LogP contribution in [0.3, 0.4) is 0 Å². The van der Waals surface area contributed by atoms with Crippen molar-refractivity contribution in [3.05, 3.63) is 41.8 Å². The smallest absolute Gasteiger partial charge is 0.277 e. The molecule has 30 heavy (non-hydrogen) atoms. The van der Waals surface area contributed by atoms with Crippen molar-refractivity contribution >= 4 is 27.5 Å². The molecule has 1 aliphatic heterocycles. The van der Waals surface area contributed by atoms with E-state index < -0.39 is 9.84 Å². The molecule has 0 N–H and O–H groups in total. The van der Waals surface area contributed by atoms with Crippen LogP contribution in [0.15, 0.2) is 40.0 Å². The molecule has 2 aromatic rings. The molecule has 1 aliphatic carbocycles. The van der Waals surface area contributed by atoms with Gasteiger partial charge in [0.15, 0.2) is 9.84 Å². The van der Waals surface area contributed by atoms with E-state index in [0.717, 1.165) is 31.2 Å². The summed E-state index contributed by atoms with van der Waals surface area (Å²) in [6, 6.07) is 9.81. The summed E-state index contributed by atoms with van der Waals surface area (Å²) in [5.41, 5.74) is 1.08. The van der Waals surface area contributed by atoms with Gasteiger partial charge < -0.3 is 9.32 Å². The molecule has 0 radical (unpaired) electrons. The Kier molecular flexibility index (Phi) is 6.77. The zero-order valence-corrected chi connectivity index (χ0v) is 18.5. The number of nitrogens with zero attached hydrogens (tertiary/aromatic N) is 3. The molecule has 4 rings (SSSR count). The van der Waals surface area contributed by atoms with Crippen LogP contribution in [0.2, 0.25) is 0 Å². The monoisotopic (exact) mass is 449 g/mol. The molecule has 7 nitrogen and oxygen atoms in total. The highest BCUT2D eigenvalue weighted by Crippen LogP contribution is 2.29. The Balaban J connectivity index is 1.39. The lowest BCUT2D eigenvalue weighted by atomic mass is 9.93. The van der Waals surface area contributed by atoms with Gasteiger partial charge in [-0.05, 0) is 24.8 Å². The van der Waals surface area contributed by atoms with Crippen molar-refractivity contribution in [3.8, 4) is 0 Å². The van der Waals surface area contributed by atoms with E-state index in [1.807, 2.05) is 35.2 Å². The quantitative estimate of drug-likeness (QED) is 0.600. The van der Waals surface area contributed by atoms with Gasteiger partial charge in [0.05, 0.1) is 23.7 Å². The third kappa shape index (κ3) is 5.43. The van der Waals surface area contributed by atoms with Gasteiger partial charge in [0.25, 0.3) is 5.22 Å². The Bertz CT molecular complexity index is 956. The van der Waals surface area contributed by atoms with Gasteiger partial charge in [0.1, 0.15) is 0 Å². The fourth-order valence-corrected chi connectivity index (χ4v) is 6.76. The van der Waals surface area contributed by atoms with Crippen molar-refractivity contribution in [2.75, 3.05) is 17.3 Å². The molecule has 0 unspecified atom stereocenters. The predicted octanol–water partition coefficient (Wildman–Crippen LogP) is 3.10. The van der Waals surface area contributed by atoms with Gasteiger partial charge in [-0.2, -0.15) is 0 Å². The Hall–Kier alpha value is -1.87. The van der Waals surface area contributed by atoms with Crippen LogP contribution in [0.25, 0.3) is 0 Å². The number of hydrogen-bond donors (Lipinski definition) is 0. The lowest BCUT2D eigenvalue weighted by molar-refractivity contribution is -0.133. The minimum Gasteiger partial charge on any atom is -0.416 e. The van der Waals surface area contributed by atoms with E-state index >= 15 is 0 Å². The molecular formula is C21H27N3O4S2. The lowest BCUT2D eigenvalue weighted by Crippen LogP contribution is -2.49. The highest BCUT2D eigenvalue weighted by atomic mass is 32.2. The average molecular weight is 450 g/mol. The highest BCUT2D eigenvalue weighted by molar-refractivity contribution is 7.99. The topological polar surface area (TPSA) is 93.4 Å². The van der Waals surface area contributed by atoms with Crippen molar-refractivity contribution in [1.29, 1.82) is 0 Å². The minimum atomic E-state index is -3.05. The van der Waals surface area contributed by atoms with Crippen LogP contribution < -0.4 is 0 Å². The van der Waals surface area contributed by atoms with Crippen LogP contribution in [0.1, 0.15) is 50.0 Å². The molecule has 162 valence electrons. The maximum absolute atomic E-state index is 13.1. The van der Waals surface area contributed by atoms with Crippen LogP contribution in [0, 0.1) is 0 Å². The van der Waals surface area contributed by atoms with E-state index in [1.165, 1.54) is 18.2 Å². The number of hydrogen-bond acceptors (Lipinski definition) is 7. The van der Waals surface area contributed by atoms with Gasteiger partial charge in [-0.1, -0.05) is 61.4 Å². The Morgan fingerprint density at radius 1 is 1.07 bits per heavy atom. The van der Waals surface area contributed by atoms with Gasteiger partial charge in [0, 0.05) is 12.1 Å². The number of amides is 1. The maximum Gasteiger partial charge on any atom is 0.277 e. The van der Waals surface area contributed by atoms with Crippen LogP contribution in [-0.4, -0.2) is 58.8 Å². The summed E-state index contributed by atoms with van der Waals surface area (Å²) < 4.78 is 29.7. The van der Waals surface area contributed by atoms with E-state index in [-0.39, 0.29) is 35.2 Å². The molecule has 1 saturated carbocycles. The Morgan fingerprint density at radius 3 is 2.53 bits per heavy atom.